The van der Waals surface area contributed by atoms with Gasteiger partial charge in [0.2, 0.25) is 0 Å². The molecule has 7 heteroatoms. The molecule has 1 aromatic carbocycles. The standard InChI is InChI=1S/C16H18N2O4S/c1-4-13-9(2)7-14(23-13)16(21)18-17-15(20)11-6-5-10(22-3)8-12(11)19/h5-8,19H,4H2,1-3H3,(H,17,20)(H,18,21). The van der Waals surface area contributed by atoms with E-state index in [1.807, 2.05) is 13.8 Å². The van der Waals surface area contributed by atoms with Crippen LogP contribution in [0.1, 0.15) is 37.4 Å². The van der Waals surface area contributed by atoms with E-state index in [-0.39, 0.29) is 17.2 Å². The van der Waals surface area contributed by atoms with Crippen LogP contribution in [0.25, 0.3) is 0 Å². The number of methoxy groups -OCH3 is 1. The van der Waals surface area contributed by atoms with Gasteiger partial charge in [0.05, 0.1) is 17.6 Å². The molecule has 0 saturated carbocycles. The Balaban J connectivity index is 2.02. The Labute approximate surface area is 138 Å². The van der Waals surface area contributed by atoms with Crippen molar-refractivity contribution >= 4 is 23.2 Å². The van der Waals surface area contributed by atoms with E-state index in [0.717, 1.165) is 16.9 Å². The number of carbonyl (C=O) groups excluding carboxylic acids is 2. The van der Waals surface area contributed by atoms with Gasteiger partial charge in [-0.1, -0.05) is 6.92 Å². The molecule has 0 aliphatic rings. The molecule has 0 bridgehead atoms. The molecule has 0 radical (unpaired) electrons. The third-order valence-electron chi connectivity index (χ3n) is 3.30. The van der Waals surface area contributed by atoms with Gasteiger partial charge in [0.1, 0.15) is 11.5 Å². The van der Waals surface area contributed by atoms with Crippen molar-refractivity contribution in [3.8, 4) is 11.5 Å². The van der Waals surface area contributed by atoms with Crippen LogP contribution in [0.15, 0.2) is 24.3 Å². The van der Waals surface area contributed by atoms with E-state index in [0.29, 0.717) is 10.6 Å². The number of benzene rings is 1. The number of thiophene rings is 1. The zero-order valence-corrected chi connectivity index (χ0v) is 13.9. The first-order valence-electron chi connectivity index (χ1n) is 7.03. The number of ether oxygens (including phenoxy) is 1. The van der Waals surface area contributed by atoms with Gasteiger partial charge in [-0.2, -0.15) is 0 Å². The van der Waals surface area contributed by atoms with E-state index < -0.39 is 5.91 Å². The summed E-state index contributed by atoms with van der Waals surface area (Å²) >= 11 is 1.39. The van der Waals surface area contributed by atoms with Crippen molar-refractivity contribution in [2.24, 2.45) is 0 Å². The van der Waals surface area contributed by atoms with Crippen LogP contribution >= 0.6 is 11.3 Å². The van der Waals surface area contributed by atoms with Crippen molar-refractivity contribution < 1.29 is 19.4 Å². The van der Waals surface area contributed by atoms with Crippen molar-refractivity contribution in [1.29, 1.82) is 0 Å². The number of phenols is 1. The van der Waals surface area contributed by atoms with Crippen LogP contribution in [0.3, 0.4) is 0 Å². The number of hydrazine groups is 1. The molecule has 0 unspecified atom stereocenters. The van der Waals surface area contributed by atoms with Gasteiger partial charge >= 0.3 is 0 Å². The first-order chi connectivity index (χ1) is 11.0. The molecule has 0 fully saturated rings. The fourth-order valence-corrected chi connectivity index (χ4v) is 3.06. The second kappa shape index (κ2) is 7.15. The lowest BCUT2D eigenvalue weighted by Gasteiger charge is -2.08. The van der Waals surface area contributed by atoms with Gasteiger partial charge in [0, 0.05) is 10.9 Å². The van der Waals surface area contributed by atoms with Gasteiger partial charge in [0.25, 0.3) is 11.8 Å². The highest BCUT2D eigenvalue weighted by Crippen LogP contribution is 2.23. The van der Waals surface area contributed by atoms with E-state index in [9.17, 15) is 14.7 Å². The lowest BCUT2D eigenvalue weighted by molar-refractivity contribution is 0.0847. The molecule has 2 amide bonds. The minimum atomic E-state index is -0.609. The van der Waals surface area contributed by atoms with Gasteiger partial charge in [0.15, 0.2) is 0 Å². The van der Waals surface area contributed by atoms with Gasteiger partial charge in [-0.3, -0.25) is 20.4 Å². The summed E-state index contributed by atoms with van der Waals surface area (Å²) in [5.74, 6) is -0.790. The van der Waals surface area contributed by atoms with Crippen molar-refractivity contribution in [2.75, 3.05) is 7.11 Å². The van der Waals surface area contributed by atoms with E-state index >= 15 is 0 Å². The number of hydrogen-bond acceptors (Lipinski definition) is 5. The van der Waals surface area contributed by atoms with Crippen LogP contribution in [-0.4, -0.2) is 24.0 Å². The minimum Gasteiger partial charge on any atom is -0.507 e. The average molecular weight is 334 g/mol. The molecule has 23 heavy (non-hydrogen) atoms. The smallest absolute Gasteiger partial charge is 0.279 e. The normalized spacial score (nSPS) is 10.2. The Morgan fingerprint density at radius 3 is 2.48 bits per heavy atom. The van der Waals surface area contributed by atoms with Crippen LogP contribution in [-0.2, 0) is 6.42 Å². The molecule has 1 aromatic heterocycles. The van der Waals surface area contributed by atoms with Crippen LogP contribution < -0.4 is 15.6 Å². The third-order valence-corrected chi connectivity index (χ3v) is 4.68. The van der Waals surface area contributed by atoms with Crippen LogP contribution in [0.4, 0.5) is 0 Å². The summed E-state index contributed by atoms with van der Waals surface area (Å²) in [5.41, 5.74) is 5.74. The highest BCUT2D eigenvalue weighted by atomic mass is 32.1. The summed E-state index contributed by atoms with van der Waals surface area (Å²) in [4.78, 5) is 25.7. The molecule has 0 spiro atoms. The molecule has 3 N–H and O–H groups in total. The predicted octanol–water partition coefficient (Wildman–Crippen LogP) is 2.41. The fraction of sp³-hybridized carbons (Fsp3) is 0.250. The highest BCUT2D eigenvalue weighted by molar-refractivity contribution is 7.14. The maximum atomic E-state index is 12.0. The second-order valence-corrected chi connectivity index (χ2v) is 6.00. The number of hydrogen-bond donors (Lipinski definition) is 3. The lowest BCUT2D eigenvalue weighted by Crippen LogP contribution is -2.41. The number of rotatable bonds is 4. The Hall–Kier alpha value is -2.54. The maximum Gasteiger partial charge on any atom is 0.279 e. The average Bonchev–Trinajstić information content (AvgIpc) is 2.93. The van der Waals surface area contributed by atoms with Crippen LogP contribution in [0, 0.1) is 6.92 Å². The van der Waals surface area contributed by atoms with Gasteiger partial charge < -0.3 is 9.84 Å². The van der Waals surface area contributed by atoms with Crippen LogP contribution in [0.5, 0.6) is 11.5 Å². The topological polar surface area (TPSA) is 87.7 Å². The number of aromatic hydroxyl groups is 1. The lowest BCUT2D eigenvalue weighted by atomic mass is 10.2. The van der Waals surface area contributed by atoms with E-state index in [1.54, 1.807) is 12.1 Å². The summed E-state index contributed by atoms with van der Waals surface area (Å²) in [5, 5.41) is 9.80. The van der Waals surface area contributed by atoms with Crippen molar-refractivity contribution in [3.63, 3.8) is 0 Å². The van der Waals surface area contributed by atoms with Gasteiger partial charge in [-0.25, -0.2) is 0 Å². The molecule has 2 rings (SSSR count). The van der Waals surface area contributed by atoms with Gasteiger partial charge in [-0.05, 0) is 37.1 Å². The molecule has 1 heterocycles. The molecule has 2 aromatic rings. The molecule has 0 aliphatic carbocycles. The van der Waals surface area contributed by atoms with E-state index in [2.05, 4.69) is 10.9 Å². The largest absolute Gasteiger partial charge is 0.507 e. The number of aryl methyl sites for hydroxylation is 2. The Kier molecular flexibility index (Phi) is 5.23. The zero-order valence-electron chi connectivity index (χ0n) is 13.1. The monoisotopic (exact) mass is 334 g/mol. The number of phenolic OH excluding ortho intramolecular Hbond substituents is 1. The first kappa shape index (κ1) is 16.8. The molecule has 0 saturated heterocycles. The summed E-state index contributed by atoms with van der Waals surface area (Å²) in [6.07, 6.45) is 0.857. The molecule has 0 aliphatic heterocycles. The van der Waals surface area contributed by atoms with Crippen molar-refractivity contribution in [3.05, 3.63) is 45.1 Å². The molecule has 6 nitrogen and oxygen atoms in total. The van der Waals surface area contributed by atoms with E-state index in [1.165, 1.54) is 30.6 Å². The minimum absolute atomic E-state index is 0.0442. The predicted molar refractivity (Wildman–Crippen MR) is 88.0 cm³/mol. The molecular formula is C16H18N2O4S. The SMILES string of the molecule is CCc1sc(C(=O)NNC(=O)c2ccc(OC)cc2O)cc1C. The first-order valence-corrected chi connectivity index (χ1v) is 7.85. The number of amides is 2. The van der Waals surface area contributed by atoms with E-state index in [4.69, 9.17) is 4.74 Å². The number of nitrogens with one attached hydrogen (secondary N) is 2. The fourth-order valence-electron chi connectivity index (χ4n) is 2.06. The Morgan fingerprint density at radius 2 is 1.91 bits per heavy atom. The zero-order chi connectivity index (χ0) is 17.0. The Morgan fingerprint density at radius 1 is 1.22 bits per heavy atom. The van der Waals surface area contributed by atoms with Gasteiger partial charge in [-0.15, -0.1) is 11.3 Å². The Bertz CT molecular complexity index is 740. The molecular weight excluding hydrogens is 316 g/mol. The van der Waals surface area contributed by atoms with Crippen molar-refractivity contribution in [1.82, 2.24) is 10.9 Å². The summed E-state index contributed by atoms with van der Waals surface area (Å²) in [6.45, 7) is 3.97. The van der Waals surface area contributed by atoms with Crippen molar-refractivity contribution in [2.45, 2.75) is 20.3 Å². The van der Waals surface area contributed by atoms with Crippen LogP contribution in [0.2, 0.25) is 0 Å². The summed E-state index contributed by atoms with van der Waals surface area (Å²) < 4.78 is 4.95. The second-order valence-electron chi connectivity index (χ2n) is 4.86. The number of carbonyl (C=O) groups is 2. The molecule has 122 valence electrons. The summed E-state index contributed by atoms with van der Waals surface area (Å²) in [6, 6.07) is 6.08. The highest BCUT2D eigenvalue weighted by Gasteiger charge is 2.15. The summed E-state index contributed by atoms with van der Waals surface area (Å²) in [7, 11) is 1.46. The maximum absolute atomic E-state index is 12.0. The third kappa shape index (κ3) is 3.81. The quantitative estimate of drug-likeness (QED) is 0.749. The molecule has 0 atom stereocenters.